The van der Waals surface area contributed by atoms with Gasteiger partial charge in [0, 0.05) is 11.6 Å². The lowest BCUT2D eigenvalue weighted by atomic mass is 10.0. The first-order chi connectivity index (χ1) is 13.6. The number of hydrogen-bond donors (Lipinski definition) is 1. The third-order valence-electron chi connectivity index (χ3n) is 5.16. The summed E-state index contributed by atoms with van der Waals surface area (Å²) in [5, 5.41) is 4.12. The van der Waals surface area contributed by atoms with Gasteiger partial charge >= 0.3 is 0 Å². The molecule has 0 amide bonds. The molecule has 1 N–H and O–H groups in total. The van der Waals surface area contributed by atoms with Gasteiger partial charge in [0.25, 0.3) is 0 Å². The molecule has 2 aromatic carbocycles. The Kier molecular flexibility index (Phi) is 5.49. The molecule has 2 aliphatic rings. The zero-order valence-electron chi connectivity index (χ0n) is 16.2. The zero-order valence-corrected chi connectivity index (χ0v) is 16.9. The van der Waals surface area contributed by atoms with Crippen molar-refractivity contribution in [1.82, 2.24) is 0 Å². The van der Waals surface area contributed by atoms with E-state index in [1.165, 1.54) is 0 Å². The van der Waals surface area contributed by atoms with Gasteiger partial charge in [-0.15, -0.1) is 0 Å². The second-order valence-corrected chi connectivity index (χ2v) is 7.61. The predicted molar refractivity (Wildman–Crippen MR) is 116 cm³/mol. The van der Waals surface area contributed by atoms with Crippen LogP contribution in [0.5, 0.6) is 5.75 Å². The minimum atomic E-state index is -0.0790. The first-order valence-corrected chi connectivity index (χ1v) is 10.1. The Bertz CT molecular complexity index is 964. The van der Waals surface area contributed by atoms with Gasteiger partial charge in [0.2, 0.25) is 0 Å². The Morgan fingerprint density at radius 2 is 2.04 bits per heavy atom. The van der Waals surface area contributed by atoms with Crippen LogP contribution in [0.15, 0.2) is 69.6 Å². The summed E-state index contributed by atoms with van der Waals surface area (Å²) in [6, 6.07) is 16.2. The molecule has 2 aliphatic heterocycles. The molecule has 6 bridgehead atoms. The van der Waals surface area contributed by atoms with E-state index >= 15 is 0 Å². The number of allylic oxidation sites excluding steroid dienone is 1. The molecule has 0 spiro atoms. The summed E-state index contributed by atoms with van der Waals surface area (Å²) >= 11 is 6.55. The normalized spacial score (nSPS) is 21.8. The summed E-state index contributed by atoms with van der Waals surface area (Å²) in [5.74, 6) is 2.59. The highest BCUT2D eigenvalue weighted by Gasteiger charge is 2.21. The maximum absolute atomic E-state index is 6.55. The van der Waals surface area contributed by atoms with Crippen molar-refractivity contribution < 1.29 is 4.74 Å². The van der Waals surface area contributed by atoms with E-state index in [0.717, 1.165) is 41.2 Å². The lowest BCUT2D eigenvalue weighted by molar-refractivity contribution is 0.306. The molecule has 0 radical (unpaired) electrons. The first kappa shape index (κ1) is 18.8. The van der Waals surface area contributed by atoms with E-state index in [2.05, 4.69) is 37.4 Å². The van der Waals surface area contributed by atoms with E-state index in [9.17, 15) is 0 Å². The molecule has 0 aromatic heterocycles. The fraction of sp³-hybridized carbons (Fsp3) is 0.304. The van der Waals surface area contributed by atoms with Crippen molar-refractivity contribution in [2.75, 3.05) is 5.32 Å². The van der Waals surface area contributed by atoms with Crippen molar-refractivity contribution in [3.63, 3.8) is 0 Å². The summed E-state index contributed by atoms with van der Waals surface area (Å²) in [5.41, 5.74) is 3.17. The molecule has 2 atom stereocenters. The van der Waals surface area contributed by atoms with E-state index in [4.69, 9.17) is 26.3 Å². The molecule has 0 fully saturated rings. The molecule has 5 heteroatoms. The summed E-state index contributed by atoms with van der Waals surface area (Å²) in [4.78, 5) is 9.70. The Balaban J connectivity index is 1.84. The van der Waals surface area contributed by atoms with Crippen molar-refractivity contribution in [2.24, 2.45) is 15.9 Å². The molecule has 0 saturated heterocycles. The van der Waals surface area contributed by atoms with Gasteiger partial charge in [0.1, 0.15) is 18.2 Å². The van der Waals surface area contributed by atoms with E-state index in [0.29, 0.717) is 17.5 Å². The lowest BCUT2D eigenvalue weighted by Gasteiger charge is -2.18. The molecular formula is C23H24ClN3O. The number of ether oxygens (including phenoxy) is 1. The topological polar surface area (TPSA) is 46.0 Å². The van der Waals surface area contributed by atoms with Gasteiger partial charge < -0.3 is 10.1 Å². The van der Waals surface area contributed by atoms with Crippen molar-refractivity contribution >= 4 is 29.0 Å². The monoisotopic (exact) mass is 393 g/mol. The van der Waals surface area contributed by atoms with Crippen LogP contribution in [0.2, 0.25) is 0 Å². The van der Waals surface area contributed by atoms with Crippen molar-refractivity contribution in [3.8, 4) is 5.75 Å². The molecule has 144 valence electrons. The Hall–Kier alpha value is -2.59. The van der Waals surface area contributed by atoms with Crippen molar-refractivity contribution in [2.45, 2.75) is 39.3 Å². The summed E-state index contributed by atoms with van der Waals surface area (Å²) in [7, 11) is 0. The lowest BCUT2D eigenvalue weighted by Crippen LogP contribution is -2.23. The predicted octanol–water partition coefficient (Wildman–Crippen LogP) is 6.10. The van der Waals surface area contributed by atoms with Gasteiger partial charge in [-0.3, -0.25) is 4.99 Å². The second kappa shape index (κ2) is 8.19. The zero-order chi connectivity index (χ0) is 19.5. The fourth-order valence-corrected chi connectivity index (χ4v) is 3.64. The largest absolute Gasteiger partial charge is 0.489 e. The highest BCUT2D eigenvalue weighted by molar-refractivity contribution is 6.44. The molecule has 0 aliphatic carbocycles. The van der Waals surface area contributed by atoms with Gasteiger partial charge in [-0.25, -0.2) is 4.99 Å². The molecule has 4 nitrogen and oxygen atoms in total. The smallest absolute Gasteiger partial charge is 0.168 e. The molecular weight excluding hydrogens is 370 g/mol. The summed E-state index contributed by atoms with van der Waals surface area (Å²) in [6.07, 6.45) is 3.85. The van der Waals surface area contributed by atoms with E-state index in [-0.39, 0.29) is 12.0 Å². The second-order valence-electron chi connectivity index (χ2n) is 7.21. The van der Waals surface area contributed by atoms with E-state index in [1.807, 2.05) is 36.4 Å². The van der Waals surface area contributed by atoms with E-state index in [1.54, 1.807) is 0 Å². The van der Waals surface area contributed by atoms with Crippen LogP contribution in [0, 0.1) is 5.92 Å². The standard InChI is InChI=1S/C23H24ClN3O/c1-3-17-10-11-21(24)23-25-15(2)18-7-5-9-20(13-18)28-14-16-6-4-8-19(12-16)26-22(17)27-23/h4-9,11-13,15,17H,3,10,14H2,1-2H3,(H,25,26,27). The molecule has 2 aromatic rings. The van der Waals surface area contributed by atoms with E-state index < -0.39 is 0 Å². The number of benzene rings is 2. The minimum Gasteiger partial charge on any atom is -0.489 e. The number of hydrogen-bond acceptors (Lipinski definition) is 4. The van der Waals surface area contributed by atoms with Gasteiger partial charge in [-0.1, -0.05) is 48.9 Å². The van der Waals surface area contributed by atoms with Gasteiger partial charge in [-0.2, -0.15) is 0 Å². The van der Waals surface area contributed by atoms with Crippen LogP contribution in [-0.4, -0.2) is 11.7 Å². The van der Waals surface area contributed by atoms with Crippen LogP contribution in [0.3, 0.4) is 0 Å². The highest BCUT2D eigenvalue weighted by Crippen LogP contribution is 2.27. The number of nitrogens with zero attached hydrogens (tertiary/aromatic N) is 2. The summed E-state index contributed by atoms with van der Waals surface area (Å²) in [6.45, 7) is 4.73. The average molecular weight is 394 g/mol. The SMILES string of the molecule is CCC1CC=C(Cl)C2=NC(C)c3cccc(c3)OCc3cccc(c3)NC1=N2. The Morgan fingerprint density at radius 1 is 1.18 bits per heavy atom. The first-order valence-electron chi connectivity index (χ1n) is 9.73. The maximum Gasteiger partial charge on any atom is 0.168 e. The third kappa shape index (κ3) is 4.12. The molecule has 28 heavy (non-hydrogen) atoms. The van der Waals surface area contributed by atoms with Gasteiger partial charge in [0.15, 0.2) is 5.84 Å². The van der Waals surface area contributed by atoms with Gasteiger partial charge in [-0.05, 0) is 55.2 Å². The molecule has 4 rings (SSSR count). The fourth-order valence-electron chi connectivity index (χ4n) is 3.46. The minimum absolute atomic E-state index is 0.0790. The number of anilines is 1. The molecule has 2 unspecified atom stereocenters. The van der Waals surface area contributed by atoms with Crippen LogP contribution < -0.4 is 10.1 Å². The Morgan fingerprint density at radius 3 is 2.89 bits per heavy atom. The van der Waals surface area contributed by atoms with Crippen molar-refractivity contribution in [1.29, 1.82) is 0 Å². The Labute approximate surface area is 171 Å². The molecule has 0 saturated carbocycles. The number of nitrogens with one attached hydrogen (secondary N) is 1. The number of aliphatic imine (C=N–C) groups is 2. The average Bonchev–Trinajstić information content (AvgIpc) is 2.85. The van der Waals surface area contributed by atoms with Crippen LogP contribution in [-0.2, 0) is 6.61 Å². The highest BCUT2D eigenvalue weighted by atomic mass is 35.5. The van der Waals surface area contributed by atoms with Crippen LogP contribution in [0.1, 0.15) is 43.9 Å². The quantitative estimate of drug-likeness (QED) is 0.636. The summed E-state index contributed by atoms with van der Waals surface area (Å²) < 4.78 is 6.02. The number of rotatable bonds is 1. The third-order valence-corrected chi connectivity index (χ3v) is 5.49. The van der Waals surface area contributed by atoms with Gasteiger partial charge in [0.05, 0.1) is 11.1 Å². The van der Waals surface area contributed by atoms with Crippen LogP contribution in [0.4, 0.5) is 5.69 Å². The van der Waals surface area contributed by atoms with Crippen LogP contribution in [0.25, 0.3) is 0 Å². The number of fused-ring (bicyclic) bond motifs is 5. The number of amidine groups is 2. The van der Waals surface area contributed by atoms with Crippen molar-refractivity contribution in [3.05, 3.63) is 70.8 Å². The molecule has 2 heterocycles. The maximum atomic E-state index is 6.55. The number of halogens is 1. The van der Waals surface area contributed by atoms with Crippen LogP contribution >= 0.6 is 11.6 Å².